The number of aliphatic carboxylic acids is 1. The Labute approximate surface area is 166 Å². The van der Waals surface area contributed by atoms with Gasteiger partial charge in [-0.1, -0.05) is 36.3 Å². The Balaban J connectivity index is 2.74. The van der Waals surface area contributed by atoms with Gasteiger partial charge in [0.15, 0.2) is 0 Å². The largest absolute Gasteiger partial charge is 0.481 e. The summed E-state index contributed by atoms with van der Waals surface area (Å²) in [5.41, 5.74) is 8.82. The van der Waals surface area contributed by atoms with Crippen molar-refractivity contribution in [3.05, 3.63) is 34.7 Å². The van der Waals surface area contributed by atoms with Crippen molar-refractivity contribution in [2.45, 2.75) is 70.6 Å². The van der Waals surface area contributed by atoms with Gasteiger partial charge in [0.05, 0.1) is 12.2 Å². The summed E-state index contributed by atoms with van der Waals surface area (Å²) >= 11 is 0. The predicted octanol–water partition coefficient (Wildman–Crippen LogP) is 3.83. The van der Waals surface area contributed by atoms with Crippen LogP contribution >= 0.6 is 0 Å². The van der Waals surface area contributed by atoms with Crippen LogP contribution in [0, 0.1) is 29.6 Å². The highest BCUT2D eigenvalue weighted by Crippen LogP contribution is 2.38. The molecule has 1 unspecified atom stereocenters. The zero-order valence-corrected chi connectivity index (χ0v) is 16.6. The number of carboxylic acids is 1. The fourth-order valence-electron chi connectivity index (χ4n) is 3.46. The molecule has 0 aromatic carbocycles. The predicted molar refractivity (Wildman–Crippen MR) is 108 cm³/mol. The van der Waals surface area contributed by atoms with Crippen LogP contribution in [0.2, 0.25) is 0 Å². The lowest BCUT2D eigenvalue weighted by Crippen LogP contribution is -2.21. The molecule has 7 nitrogen and oxygen atoms in total. The normalized spacial score (nSPS) is 26.6. The SMILES string of the molecule is CC#CCC(C)[C@H](O)/C=C/[C@@H]1[C@@H](C/C=C\CCCC(=O)O)[C@@H](N=[N+]=[N-])C[C@H]1O. The molecule has 154 valence electrons. The summed E-state index contributed by atoms with van der Waals surface area (Å²) in [6.45, 7) is 3.68. The number of hydrogen-bond acceptors (Lipinski definition) is 4. The van der Waals surface area contributed by atoms with Crippen molar-refractivity contribution in [3.8, 4) is 11.8 Å². The number of azide groups is 1. The van der Waals surface area contributed by atoms with Crippen LogP contribution in [-0.4, -0.2) is 39.5 Å². The Morgan fingerprint density at radius 3 is 2.82 bits per heavy atom. The monoisotopic (exact) mass is 389 g/mol. The average Bonchev–Trinajstić information content (AvgIpc) is 2.95. The van der Waals surface area contributed by atoms with Gasteiger partial charge in [-0.2, -0.15) is 0 Å². The van der Waals surface area contributed by atoms with Crippen molar-refractivity contribution in [1.82, 2.24) is 0 Å². The minimum atomic E-state index is -0.807. The second-order valence-corrected chi connectivity index (χ2v) is 7.29. The lowest BCUT2D eigenvalue weighted by Gasteiger charge is -2.21. The number of carbonyl (C=O) groups is 1. The van der Waals surface area contributed by atoms with Crippen LogP contribution in [0.4, 0.5) is 0 Å². The molecule has 0 aliphatic heterocycles. The third kappa shape index (κ3) is 8.18. The number of unbranched alkanes of at least 4 members (excludes halogenated alkanes) is 1. The molecule has 0 radical (unpaired) electrons. The van der Waals surface area contributed by atoms with Gasteiger partial charge in [0.25, 0.3) is 0 Å². The van der Waals surface area contributed by atoms with Gasteiger partial charge in [-0.3, -0.25) is 4.79 Å². The van der Waals surface area contributed by atoms with Crippen LogP contribution in [0.5, 0.6) is 0 Å². The summed E-state index contributed by atoms with van der Waals surface area (Å²) in [5.74, 6) is 4.68. The van der Waals surface area contributed by atoms with Crippen LogP contribution in [-0.2, 0) is 4.79 Å². The number of allylic oxidation sites excluding steroid dienone is 2. The Bertz CT molecular complexity index is 658. The number of nitrogens with zero attached hydrogens (tertiary/aromatic N) is 3. The molecular weight excluding hydrogens is 358 g/mol. The fourth-order valence-corrected chi connectivity index (χ4v) is 3.46. The van der Waals surface area contributed by atoms with E-state index in [9.17, 15) is 15.0 Å². The topological polar surface area (TPSA) is 127 Å². The smallest absolute Gasteiger partial charge is 0.303 e. The highest BCUT2D eigenvalue weighted by Gasteiger charge is 2.39. The first-order chi connectivity index (χ1) is 13.4. The summed E-state index contributed by atoms with van der Waals surface area (Å²) in [5, 5.41) is 33.2. The second kappa shape index (κ2) is 13.0. The molecule has 1 aliphatic rings. The summed E-state index contributed by atoms with van der Waals surface area (Å²) in [6, 6.07) is -0.307. The van der Waals surface area contributed by atoms with Crippen LogP contribution < -0.4 is 0 Å². The molecule has 0 heterocycles. The minimum Gasteiger partial charge on any atom is -0.481 e. The zero-order valence-electron chi connectivity index (χ0n) is 16.6. The summed E-state index contributed by atoms with van der Waals surface area (Å²) in [7, 11) is 0. The quantitative estimate of drug-likeness (QED) is 0.124. The molecule has 1 saturated carbocycles. The van der Waals surface area contributed by atoms with Crippen LogP contribution in [0.1, 0.15) is 52.4 Å². The number of aliphatic hydroxyl groups excluding tert-OH is 2. The Kier molecular flexibility index (Phi) is 11.0. The first kappa shape index (κ1) is 23.8. The molecule has 0 spiro atoms. The van der Waals surface area contributed by atoms with E-state index < -0.39 is 18.2 Å². The minimum absolute atomic E-state index is 0.0113. The highest BCUT2D eigenvalue weighted by atomic mass is 16.4. The summed E-state index contributed by atoms with van der Waals surface area (Å²) in [4.78, 5) is 13.4. The van der Waals surface area contributed by atoms with E-state index in [0.29, 0.717) is 32.1 Å². The maximum Gasteiger partial charge on any atom is 0.303 e. The molecule has 1 rings (SSSR count). The van der Waals surface area contributed by atoms with Gasteiger partial charge < -0.3 is 15.3 Å². The Morgan fingerprint density at radius 2 is 2.18 bits per heavy atom. The zero-order chi connectivity index (χ0) is 20.9. The van der Waals surface area contributed by atoms with E-state index >= 15 is 0 Å². The van der Waals surface area contributed by atoms with Crippen molar-refractivity contribution in [1.29, 1.82) is 0 Å². The lowest BCUT2D eigenvalue weighted by atomic mass is 9.88. The van der Waals surface area contributed by atoms with Gasteiger partial charge in [0.2, 0.25) is 0 Å². The molecule has 0 aromatic heterocycles. The Morgan fingerprint density at radius 1 is 1.43 bits per heavy atom. The van der Waals surface area contributed by atoms with Crippen molar-refractivity contribution in [3.63, 3.8) is 0 Å². The van der Waals surface area contributed by atoms with Crippen LogP contribution in [0.3, 0.4) is 0 Å². The molecule has 6 atom stereocenters. The first-order valence-corrected chi connectivity index (χ1v) is 9.75. The summed E-state index contributed by atoms with van der Waals surface area (Å²) in [6.07, 6.45) is 9.14. The maximum atomic E-state index is 10.5. The van der Waals surface area contributed by atoms with Gasteiger partial charge in [-0.15, -0.1) is 11.8 Å². The second-order valence-electron chi connectivity index (χ2n) is 7.29. The lowest BCUT2D eigenvalue weighted by molar-refractivity contribution is -0.137. The molecule has 7 heteroatoms. The van der Waals surface area contributed by atoms with E-state index in [0.717, 1.165) is 0 Å². The molecule has 0 saturated heterocycles. The number of aliphatic hydroxyl groups is 2. The molecule has 3 N–H and O–H groups in total. The standard InChI is InChI=1S/C21H31N3O4/c1-3-4-9-15(2)19(25)13-12-17-16(18(23-24-22)14-20(17)26)10-7-5-6-8-11-21(27)28/h5,7,12-13,15-20,25-26H,6,8-11,14H2,1-2H3,(H,27,28)/b7-5-,13-12+/t15?,16-,17-,18+,19-,20-/m1/s1. The van der Waals surface area contributed by atoms with Crippen molar-refractivity contribution < 1.29 is 20.1 Å². The van der Waals surface area contributed by atoms with E-state index in [2.05, 4.69) is 21.9 Å². The van der Waals surface area contributed by atoms with Crippen molar-refractivity contribution in [2.24, 2.45) is 22.9 Å². The molecule has 1 aliphatic carbocycles. The first-order valence-electron chi connectivity index (χ1n) is 9.75. The van der Waals surface area contributed by atoms with Gasteiger partial charge in [0.1, 0.15) is 0 Å². The van der Waals surface area contributed by atoms with E-state index in [1.165, 1.54) is 0 Å². The highest BCUT2D eigenvalue weighted by molar-refractivity contribution is 5.66. The van der Waals surface area contributed by atoms with E-state index in [4.69, 9.17) is 10.6 Å². The third-order valence-corrected chi connectivity index (χ3v) is 5.17. The molecule has 1 fully saturated rings. The molecule has 0 amide bonds. The average molecular weight is 389 g/mol. The number of rotatable bonds is 11. The number of carboxylic acid groups (broad SMARTS) is 1. The van der Waals surface area contributed by atoms with Crippen molar-refractivity contribution >= 4 is 5.97 Å². The third-order valence-electron chi connectivity index (χ3n) is 5.17. The van der Waals surface area contributed by atoms with Crippen LogP contribution in [0.15, 0.2) is 29.4 Å². The molecular formula is C21H31N3O4. The van der Waals surface area contributed by atoms with E-state index in [1.54, 1.807) is 13.0 Å². The maximum absolute atomic E-state index is 10.5. The van der Waals surface area contributed by atoms with Crippen LogP contribution in [0.25, 0.3) is 10.4 Å². The van der Waals surface area contributed by atoms with Gasteiger partial charge >= 0.3 is 5.97 Å². The van der Waals surface area contributed by atoms with Gasteiger partial charge in [-0.25, -0.2) is 0 Å². The van der Waals surface area contributed by atoms with Gasteiger partial charge in [0, 0.05) is 29.7 Å². The molecule has 0 bridgehead atoms. The molecule has 0 aromatic rings. The fraction of sp³-hybridized carbons (Fsp3) is 0.667. The van der Waals surface area contributed by atoms with E-state index in [1.807, 2.05) is 25.2 Å². The van der Waals surface area contributed by atoms with Gasteiger partial charge in [-0.05, 0) is 50.0 Å². The molecule has 28 heavy (non-hydrogen) atoms. The van der Waals surface area contributed by atoms with E-state index in [-0.39, 0.29) is 30.2 Å². The Hall–Kier alpha value is -2.26. The number of hydrogen-bond donors (Lipinski definition) is 3. The van der Waals surface area contributed by atoms with Crippen molar-refractivity contribution in [2.75, 3.05) is 0 Å². The summed E-state index contributed by atoms with van der Waals surface area (Å²) < 4.78 is 0.